The molecule has 0 saturated heterocycles. The molecule has 0 bridgehead atoms. The summed E-state index contributed by atoms with van der Waals surface area (Å²) in [5.41, 5.74) is 0. The van der Waals surface area contributed by atoms with Crippen LogP contribution >= 0.6 is 15.9 Å². The molecule has 16 heavy (non-hydrogen) atoms. The van der Waals surface area contributed by atoms with Crippen molar-refractivity contribution in [3.63, 3.8) is 0 Å². The monoisotopic (exact) mass is 288 g/mol. The Morgan fingerprint density at radius 2 is 2.25 bits per heavy atom. The molecule has 0 aliphatic carbocycles. The van der Waals surface area contributed by atoms with Crippen molar-refractivity contribution in [3.05, 3.63) is 22.8 Å². The van der Waals surface area contributed by atoms with E-state index in [1.807, 2.05) is 12.1 Å². The van der Waals surface area contributed by atoms with Crippen molar-refractivity contribution in [2.45, 2.75) is 6.42 Å². The molecule has 0 fully saturated rings. The zero-order chi connectivity index (χ0) is 11.6. The lowest BCUT2D eigenvalue weighted by molar-refractivity contribution is 0.0705. The highest BCUT2D eigenvalue weighted by atomic mass is 79.9. The summed E-state index contributed by atoms with van der Waals surface area (Å²) < 4.78 is 11.2. The van der Waals surface area contributed by atoms with Crippen LogP contribution in [0.5, 0.6) is 0 Å². The minimum Gasteiger partial charge on any atom is -0.382 e. The number of pyridine rings is 1. The number of nitrogens with zero attached hydrogens (tertiary/aromatic N) is 1. The Morgan fingerprint density at radius 3 is 3.00 bits per heavy atom. The number of methoxy groups -OCH3 is 1. The molecule has 0 spiro atoms. The van der Waals surface area contributed by atoms with Crippen LogP contribution in [0.25, 0.3) is 0 Å². The molecule has 0 aromatic carbocycles. The second kappa shape index (κ2) is 8.50. The molecule has 90 valence electrons. The van der Waals surface area contributed by atoms with Gasteiger partial charge in [-0.1, -0.05) is 0 Å². The van der Waals surface area contributed by atoms with Gasteiger partial charge in [0.2, 0.25) is 0 Å². The summed E-state index contributed by atoms with van der Waals surface area (Å²) >= 11 is 3.43. The van der Waals surface area contributed by atoms with Crippen LogP contribution in [0, 0.1) is 0 Å². The van der Waals surface area contributed by atoms with Crippen LogP contribution < -0.4 is 5.32 Å². The number of nitrogens with one attached hydrogen (secondary N) is 1. The maximum absolute atomic E-state index is 5.35. The standard InChI is InChI=1S/C11H17BrN2O2/c1-15-8-9-16-7-3-6-14-11-10(12)4-2-5-13-11/h2,4-5H,3,6-9H2,1H3,(H,13,14). The van der Waals surface area contributed by atoms with E-state index in [9.17, 15) is 0 Å². The molecule has 1 aromatic heterocycles. The van der Waals surface area contributed by atoms with Crippen LogP contribution in [0.3, 0.4) is 0 Å². The number of hydrogen-bond acceptors (Lipinski definition) is 4. The Morgan fingerprint density at radius 1 is 1.38 bits per heavy atom. The summed E-state index contributed by atoms with van der Waals surface area (Å²) in [6, 6.07) is 3.85. The Balaban J connectivity index is 2.05. The van der Waals surface area contributed by atoms with Gasteiger partial charge >= 0.3 is 0 Å². The van der Waals surface area contributed by atoms with Crippen molar-refractivity contribution in [3.8, 4) is 0 Å². The van der Waals surface area contributed by atoms with Gasteiger partial charge in [-0.3, -0.25) is 0 Å². The first kappa shape index (κ1) is 13.4. The normalized spacial score (nSPS) is 10.4. The largest absolute Gasteiger partial charge is 0.382 e. The predicted octanol–water partition coefficient (Wildman–Crippen LogP) is 2.31. The van der Waals surface area contributed by atoms with Crippen LogP contribution in [0.2, 0.25) is 0 Å². The maximum atomic E-state index is 5.35. The van der Waals surface area contributed by atoms with Gasteiger partial charge in [0.05, 0.1) is 17.7 Å². The number of anilines is 1. The average Bonchev–Trinajstić information content (AvgIpc) is 2.30. The van der Waals surface area contributed by atoms with E-state index in [1.54, 1.807) is 13.3 Å². The molecule has 0 atom stereocenters. The SMILES string of the molecule is COCCOCCCNc1ncccc1Br. The van der Waals surface area contributed by atoms with Crippen molar-refractivity contribution in [1.82, 2.24) is 4.98 Å². The molecule has 1 heterocycles. The van der Waals surface area contributed by atoms with Crippen LogP contribution in [0.15, 0.2) is 22.8 Å². The van der Waals surface area contributed by atoms with Crippen LogP contribution in [-0.4, -0.2) is 38.5 Å². The lowest BCUT2D eigenvalue weighted by Gasteiger charge is -2.07. The molecule has 0 unspecified atom stereocenters. The fourth-order valence-corrected chi connectivity index (χ4v) is 1.54. The molecule has 0 amide bonds. The van der Waals surface area contributed by atoms with Gasteiger partial charge in [-0.2, -0.15) is 0 Å². The number of ether oxygens (including phenoxy) is 2. The van der Waals surface area contributed by atoms with Crippen molar-refractivity contribution in [1.29, 1.82) is 0 Å². The van der Waals surface area contributed by atoms with E-state index in [-0.39, 0.29) is 0 Å². The lowest BCUT2D eigenvalue weighted by atomic mass is 10.4. The summed E-state index contributed by atoms with van der Waals surface area (Å²) in [5.74, 6) is 0.874. The van der Waals surface area contributed by atoms with Gasteiger partial charge in [-0.05, 0) is 34.5 Å². The second-order valence-electron chi connectivity index (χ2n) is 3.22. The molecule has 0 saturated carbocycles. The second-order valence-corrected chi connectivity index (χ2v) is 4.07. The van der Waals surface area contributed by atoms with E-state index in [1.165, 1.54) is 0 Å². The summed E-state index contributed by atoms with van der Waals surface area (Å²) in [6.07, 6.45) is 2.72. The van der Waals surface area contributed by atoms with Gasteiger partial charge in [0, 0.05) is 26.5 Å². The van der Waals surface area contributed by atoms with Crippen molar-refractivity contribution >= 4 is 21.7 Å². The zero-order valence-corrected chi connectivity index (χ0v) is 11.0. The molecule has 1 rings (SSSR count). The smallest absolute Gasteiger partial charge is 0.140 e. The minimum absolute atomic E-state index is 0.652. The topological polar surface area (TPSA) is 43.4 Å². The third kappa shape index (κ3) is 5.44. The molecule has 0 aliphatic rings. The highest BCUT2D eigenvalue weighted by Crippen LogP contribution is 2.17. The van der Waals surface area contributed by atoms with Gasteiger partial charge < -0.3 is 14.8 Å². The van der Waals surface area contributed by atoms with Crippen molar-refractivity contribution < 1.29 is 9.47 Å². The van der Waals surface area contributed by atoms with Gasteiger partial charge in [-0.15, -0.1) is 0 Å². The third-order valence-corrected chi connectivity index (χ3v) is 2.59. The molecule has 1 N–H and O–H groups in total. The molecule has 4 nitrogen and oxygen atoms in total. The molecular formula is C11H17BrN2O2. The van der Waals surface area contributed by atoms with Gasteiger partial charge in [0.25, 0.3) is 0 Å². The molecular weight excluding hydrogens is 272 g/mol. The summed E-state index contributed by atoms with van der Waals surface area (Å²) in [7, 11) is 1.67. The third-order valence-electron chi connectivity index (χ3n) is 1.95. The van der Waals surface area contributed by atoms with Gasteiger partial charge in [0.15, 0.2) is 0 Å². The van der Waals surface area contributed by atoms with Crippen LogP contribution in [0.1, 0.15) is 6.42 Å². The van der Waals surface area contributed by atoms with E-state index in [4.69, 9.17) is 9.47 Å². The first-order valence-corrected chi connectivity index (χ1v) is 6.05. The van der Waals surface area contributed by atoms with Crippen molar-refractivity contribution in [2.75, 3.05) is 38.8 Å². The first-order chi connectivity index (χ1) is 7.84. The highest BCUT2D eigenvalue weighted by Gasteiger charge is 1.97. The van der Waals surface area contributed by atoms with Crippen LogP contribution in [0.4, 0.5) is 5.82 Å². The van der Waals surface area contributed by atoms with E-state index in [2.05, 4.69) is 26.2 Å². The van der Waals surface area contributed by atoms with Gasteiger partial charge in [0.1, 0.15) is 5.82 Å². The molecule has 0 radical (unpaired) electrons. The zero-order valence-electron chi connectivity index (χ0n) is 9.41. The Hall–Kier alpha value is -0.650. The maximum Gasteiger partial charge on any atom is 0.140 e. The summed E-state index contributed by atoms with van der Waals surface area (Å²) in [4.78, 5) is 4.21. The predicted molar refractivity (Wildman–Crippen MR) is 67.7 cm³/mol. The number of rotatable bonds is 8. The highest BCUT2D eigenvalue weighted by molar-refractivity contribution is 9.10. The fourth-order valence-electron chi connectivity index (χ4n) is 1.14. The van der Waals surface area contributed by atoms with Gasteiger partial charge in [-0.25, -0.2) is 4.98 Å². The lowest BCUT2D eigenvalue weighted by Crippen LogP contribution is -2.09. The quantitative estimate of drug-likeness (QED) is 0.746. The number of halogens is 1. The van der Waals surface area contributed by atoms with Crippen LogP contribution in [-0.2, 0) is 9.47 Å². The fraction of sp³-hybridized carbons (Fsp3) is 0.545. The average molecular weight is 289 g/mol. The number of hydrogen-bond donors (Lipinski definition) is 1. The molecule has 0 aliphatic heterocycles. The summed E-state index contributed by atoms with van der Waals surface area (Å²) in [6.45, 7) is 2.90. The van der Waals surface area contributed by atoms with E-state index in [0.29, 0.717) is 13.2 Å². The van der Waals surface area contributed by atoms with E-state index < -0.39 is 0 Å². The van der Waals surface area contributed by atoms with E-state index >= 15 is 0 Å². The van der Waals surface area contributed by atoms with Crippen molar-refractivity contribution in [2.24, 2.45) is 0 Å². The Labute approximate surface area is 104 Å². The summed E-state index contributed by atoms with van der Waals surface area (Å²) in [5, 5.41) is 3.23. The Bertz CT molecular complexity index is 297. The number of aromatic nitrogens is 1. The molecule has 1 aromatic rings. The molecule has 5 heteroatoms. The first-order valence-electron chi connectivity index (χ1n) is 5.25. The van der Waals surface area contributed by atoms with E-state index in [0.717, 1.165) is 29.9 Å². The minimum atomic E-state index is 0.652. The Kier molecular flexibility index (Phi) is 7.12.